The lowest BCUT2D eigenvalue weighted by molar-refractivity contribution is -0.118. The third-order valence-corrected chi connectivity index (χ3v) is 4.36. The van der Waals surface area contributed by atoms with Crippen molar-refractivity contribution in [3.63, 3.8) is 0 Å². The fraction of sp³-hybridized carbons (Fsp3) is 0.375. The van der Waals surface area contributed by atoms with Gasteiger partial charge in [-0.05, 0) is 25.3 Å². The highest BCUT2D eigenvalue weighted by atomic mass is 16.1. The summed E-state index contributed by atoms with van der Waals surface area (Å²) in [6.45, 7) is 2.70. The number of carbonyl (C=O) groups excluding carboxylic acids is 1. The molecule has 0 saturated carbocycles. The third kappa shape index (κ3) is 2.26. The maximum absolute atomic E-state index is 11.9. The summed E-state index contributed by atoms with van der Waals surface area (Å²) in [5.41, 5.74) is 6.83. The van der Waals surface area contributed by atoms with E-state index in [-0.39, 0.29) is 5.91 Å². The Bertz CT molecular complexity index is 919. The number of nitrogens with two attached hydrogens (primary N) is 1. The monoisotopic (exact) mass is 324 g/mol. The van der Waals surface area contributed by atoms with Gasteiger partial charge >= 0.3 is 0 Å². The van der Waals surface area contributed by atoms with E-state index in [1.54, 1.807) is 0 Å². The van der Waals surface area contributed by atoms with E-state index in [2.05, 4.69) is 20.2 Å². The summed E-state index contributed by atoms with van der Waals surface area (Å²) in [6.07, 6.45) is 6.26. The number of aromatic nitrogens is 5. The average molecular weight is 324 g/mol. The van der Waals surface area contributed by atoms with Gasteiger partial charge in [0.1, 0.15) is 17.7 Å². The van der Waals surface area contributed by atoms with Crippen molar-refractivity contribution in [3.8, 4) is 0 Å². The Morgan fingerprint density at radius 2 is 2.29 bits per heavy atom. The van der Waals surface area contributed by atoms with Gasteiger partial charge in [-0.15, -0.1) is 10.2 Å². The first-order chi connectivity index (χ1) is 11.7. The van der Waals surface area contributed by atoms with Crippen LogP contribution in [-0.2, 0) is 11.2 Å². The number of H-pyrrole nitrogens is 1. The van der Waals surface area contributed by atoms with Crippen LogP contribution in [0.3, 0.4) is 0 Å². The summed E-state index contributed by atoms with van der Waals surface area (Å²) < 4.78 is 0. The molecule has 0 bridgehead atoms. The molecular formula is C16H18N7O. The molecule has 1 aliphatic heterocycles. The molecule has 1 aliphatic rings. The highest BCUT2D eigenvalue weighted by Gasteiger charge is 2.30. The minimum absolute atomic E-state index is 0.369. The van der Waals surface area contributed by atoms with Crippen molar-refractivity contribution in [2.45, 2.75) is 32.2 Å². The largest absolute Gasteiger partial charge is 0.368 e. The summed E-state index contributed by atoms with van der Waals surface area (Å²) in [5, 5.41) is 10.1. The Hall–Kier alpha value is -2.77. The lowest BCUT2D eigenvalue weighted by atomic mass is 10.0. The van der Waals surface area contributed by atoms with Crippen molar-refractivity contribution in [1.29, 1.82) is 0 Å². The predicted molar refractivity (Wildman–Crippen MR) is 90.2 cm³/mol. The van der Waals surface area contributed by atoms with Crippen LogP contribution >= 0.6 is 0 Å². The van der Waals surface area contributed by atoms with Gasteiger partial charge in [0.15, 0.2) is 11.3 Å². The van der Waals surface area contributed by atoms with Crippen molar-refractivity contribution in [2.75, 3.05) is 11.4 Å². The van der Waals surface area contributed by atoms with Crippen LogP contribution in [-0.4, -0.2) is 43.6 Å². The van der Waals surface area contributed by atoms with Gasteiger partial charge in [0, 0.05) is 24.5 Å². The van der Waals surface area contributed by atoms with Gasteiger partial charge in [0.2, 0.25) is 5.91 Å². The molecule has 4 heterocycles. The average Bonchev–Trinajstić information content (AvgIpc) is 3.09. The number of primary amides is 1. The number of aryl methyl sites for hydroxylation is 1. The second-order valence-corrected chi connectivity index (χ2v) is 5.87. The summed E-state index contributed by atoms with van der Waals surface area (Å²) in [5.74, 6) is 1.01. The molecule has 123 valence electrons. The molecule has 0 aliphatic carbocycles. The van der Waals surface area contributed by atoms with Crippen molar-refractivity contribution in [3.05, 3.63) is 24.5 Å². The molecule has 8 nitrogen and oxygen atoms in total. The van der Waals surface area contributed by atoms with E-state index in [0.29, 0.717) is 35.9 Å². The van der Waals surface area contributed by atoms with Crippen LogP contribution in [0.1, 0.15) is 25.6 Å². The van der Waals surface area contributed by atoms with Crippen LogP contribution in [0, 0.1) is 6.42 Å². The molecular weight excluding hydrogens is 306 g/mol. The van der Waals surface area contributed by atoms with Gasteiger partial charge in [-0.25, -0.2) is 9.97 Å². The number of fused-ring (bicyclic) bond motifs is 3. The van der Waals surface area contributed by atoms with Gasteiger partial charge in [-0.3, -0.25) is 4.79 Å². The number of hydrogen-bond acceptors (Lipinski definition) is 6. The second kappa shape index (κ2) is 5.70. The van der Waals surface area contributed by atoms with Crippen molar-refractivity contribution in [1.82, 2.24) is 25.1 Å². The minimum Gasteiger partial charge on any atom is -0.368 e. The van der Waals surface area contributed by atoms with Gasteiger partial charge in [0.05, 0.1) is 5.39 Å². The molecule has 8 heteroatoms. The topological polar surface area (TPSA) is 114 Å². The highest BCUT2D eigenvalue weighted by molar-refractivity contribution is 6.08. The van der Waals surface area contributed by atoms with E-state index in [1.165, 1.54) is 0 Å². The van der Waals surface area contributed by atoms with Crippen LogP contribution in [0.5, 0.6) is 0 Å². The molecule has 3 N–H and O–H groups in total. The molecule has 1 unspecified atom stereocenters. The number of amides is 1. The van der Waals surface area contributed by atoms with Gasteiger partial charge in [0.25, 0.3) is 0 Å². The fourth-order valence-electron chi connectivity index (χ4n) is 3.21. The number of piperidine rings is 1. The smallest absolute Gasteiger partial charge is 0.240 e. The van der Waals surface area contributed by atoms with Gasteiger partial charge < -0.3 is 15.6 Å². The maximum atomic E-state index is 11.9. The van der Waals surface area contributed by atoms with Gasteiger partial charge in [-0.1, -0.05) is 6.92 Å². The third-order valence-electron chi connectivity index (χ3n) is 4.36. The molecule has 0 aromatic carbocycles. The molecule has 1 radical (unpaired) electrons. The lowest BCUT2D eigenvalue weighted by Gasteiger charge is -2.35. The standard InChI is InChI=1S/C16H18N7O/c1-2-11-19-15-12(9-6-7-18-14(9)21-22-15)16(20-11)23-8-4-3-5-10(23)13(17)24/h5-7,10H,2-4,8H2,1H3,(H2,17,24)(H,18,21). The number of nitrogens with one attached hydrogen (secondary N) is 1. The zero-order valence-electron chi connectivity index (χ0n) is 13.4. The molecule has 24 heavy (non-hydrogen) atoms. The first kappa shape index (κ1) is 14.8. The summed E-state index contributed by atoms with van der Waals surface area (Å²) in [6, 6.07) is 1.46. The number of aromatic amines is 1. The zero-order valence-corrected chi connectivity index (χ0v) is 13.4. The maximum Gasteiger partial charge on any atom is 0.240 e. The lowest BCUT2D eigenvalue weighted by Crippen LogP contribution is -2.48. The van der Waals surface area contributed by atoms with Crippen LogP contribution in [0.15, 0.2) is 12.3 Å². The van der Waals surface area contributed by atoms with E-state index >= 15 is 0 Å². The number of rotatable bonds is 3. The minimum atomic E-state index is -0.469. The second-order valence-electron chi connectivity index (χ2n) is 5.87. The Kier molecular flexibility index (Phi) is 3.51. The molecule has 0 spiro atoms. The number of anilines is 1. The van der Waals surface area contributed by atoms with Crippen LogP contribution in [0.25, 0.3) is 22.1 Å². The molecule has 1 fully saturated rings. The Labute approximate surface area is 138 Å². The molecule has 4 rings (SSSR count). The van der Waals surface area contributed by atoms with Crippen molar-refractivity contribution in [2.24, 2.45) is 5.73 Å². The molecule has 3 aromatic heterocycles. The number of carbonyl (C=O) groups is 1. The Balaban J connectivity index is 2.01. The quantitative estimate of drug-likeness (QED) is 0.746. The van der Waals surface area contributed by atoms with Crippen molar-refractivity contribution >= 4 is 33.8 Å². The molecule has 1 amide bonds. The number of hydrogen-bond donors (Lipinski definition) is 2. The first-order valence-corrected chi connectivity index (χ1v) is 8.08. The van der Waals surface area contributed by atoms with Gasteiger partial charge in [-0.2, -0.15) is 0 Å². The van der Waals surface area contributed by atoms with E-state index < -0.39 is 6.04 Å². The fourth-order valence-corrected chi connectivity index (χ4v) is 3.21. The van der Waals surface area contributed by atoms with Crippen LogP contribution < -0.4 is 10.6 Å². The van der Waals surface area contributed by atoms with E-state index in [1.807, 2.05) is 30.5 Å². The molecule has 1 saturated heterocycles. The van der Waals surface area contributed by atoms with E-state index in [4.69, 9.17) is 10.7 Å². The predicted octanol–water partition coefficient (Wildman–Crippen LogP) is 1.12. The number of nitrogens with zero attached hydrogens (tertiary/aromatic N) is 5. The SMILES string of the molecule is CCc1nc(N2CCC[CH]C2C(N)=O)c2c(nnc3[nH]ccc32)n1. The van der Waals surface area contributed by atoms with Crippen LogP contribution in [0.2, 0.25) is 0 Å². The summed E-state index contributed by atoms with van der Waals surface area (Å²) >= 11 is 0. The van der Waals surface area contributed by atoms with Crippen LogP contribution in [0.4, 0.5) is 5.82 Å². The molecule has 3 aromatic rings. The normalized spacial score (nSPS) is 18.4. The Morgan fingerprint density at radius 1 is 1.42 bits per heavy atom. The highest BCUT2D eigenvalue weighted by Crippen LogP contribution is 2.32. The van der Waals surface area contributed by atoms with Crippen molar-refractivity contribution < 1.29 is 4.79 Å². The first-order valence-electron chi connectivity index (χ1n) is 8.08. The van der Waals surface area contributed by atoms with E-state index in [0.717, 1.165) is 23.6 Å². The summed E-state index contributed by atoms with van der Waals surface area (Å²) in [4.78, 5) is 26.1. The molecule has 1 atom stereocenters. The Morgan fingerprint density at radius 3 is 3.08 bits per heavy atom. The van der Waals surface area contributed by atoms with E-state index in [9.17, 15) is 4.79 Å². The zero-order chi connectivity index (χ0) is 16.7. The summed E-state index contributed by atoms with van der Waals surface area (Å²) in [7, 11) is 0.